The Hall–Kier alpha value is -2.42. The number of sulfonamides is 1. The van der Waals surface area contributed by atoms with Crippen molar-refractivity contribution < 1.29 is 22.7 Å². The van der Waals surface area contributed by atoms with Gasteiger partial charge in [-0.1, -0.05) is 12.1 Å². The van der Waals surface area contributed by atoms with Crippen molar-refractivity contribution in [2.75, 3.05) is 27.4 Å². The number of hydrogen-bond acceptors (Lipinski definition) is 5. The number of ether oxygens (including phenoxy) is 2. The molecule has 0 unspecified atom stereocenters. The molecule has 2 N–H and O–H groups in total. The van der Waals surface area contributed by atoms with Crippen molar-refractivity contribution in [1.82, 2.24) is 10.0 Å². The van der Waals surface area contributed by atoms with Crippen LogP contribution < -0.4 is 14.8 Å². The molecule has 2 aromatic carbocycles. The van der Waals surface area contributed by atoms with Crippen LogP contribution in [0.4, 0.5) is 0 Å². The number of carbonyl (C=O) groups is 1. The summed E-state index contributed by atoms with van der Waals surface area (Å²) < 4.78 is 37.6. The fourth-order valence-electron chi connectivity index (χ4n) is 2.14. The van der Waals surface area contributed by atoms with Gasteiger partial charge < -0.3 is 14.8 Å². The van der Waals surface area contributed by atoms with E-state index in [2.05, 4.69) is 10.0 Å². The Morgan fingerprint density at radius 1 is 1.00 bits per heavy atom. The molecular weight excluding hydrogens is 356 g/mol. The molecule has 0 heterocycles. The second-order valence-electron chi connectivity index (χ2n) is 5.41. The minimum Gasteiger partial charge on any atom is -0.491 e. The van der Waals surface area contributed by atoms with Crippen LogP contribution in [-0.4, -0.2) is 41.7 Å². The zero-order valence-electron chi connectivity index (χ0n) is 14.7. The van der Waals surface area contributed by atoms with Crippen molar-refractivity contribution in [2.45, 2.75) is 11.4 Å². The topological polar surface area (TPSA) is 93.7 Å². The Labute approximate surface area is 153 Å². The molecular formula is C18H22N2O5S. The summed E-state index contributed by atoms with van der Waals surface area (Å²) in [5.41, 5.74) is 1.20. The van der Waals surface area contributed by atoms with Crippen molar-refractivity contribution in [3.63, 3.8) is 0 Å². The van der Waals surface area contributed by atoms with Gasteiger partial charge in [-0.05, 0) is 42.0 Å². The molecule has 0 aromatic heterocycles. The molecule has 0 saturated heterocycles. The van der Waals surface area contributed by atoms with Gasteiger partial charge in [-0.2, -0.15) is 0 Å². The molecule has 26 heavy (non-hydrogen) atoms. The van der Waals surface area contributed by atoms with Crippen LogP contribution in [0.5, 0.6) is 5.75 Å². The molecule has 0 bridgehead atoms. The molecule has 0 aliphatic heterocycles. The van der Waals surface area contributed by atoms with Gasteiger partial charge in [0, 0.05) is 26.3 Å². The highest BCUT2D eigenvalue weighted by atomic mass is 32.2. The summed E-state index contributed by atoms with van der Waals surface area (Å²) in [6.07, 6.45) is 0. The Morgan fingerprint density at radius 2 is 1.65 bits per heavy atom. The maximum absolute atomic E-state index is 12.3. The summed E-state index contributed by atoms with van der Waals surface area (Å²) in [5, 5.41) is 2.49. The Balaban J connectivity index is 1.96. The van der Waals surface area contributed by atoms with Crippen molar-refractivity contribution in [2.24, 2.45) is 0 Å². The lowest BCUT2D eigenvalue weighted by Gasteiger charge is -2.09. The number of rotatable bonds is 9. The molecule has 0 fully saturated rings. The summed E-state index contributed by atoms with van der Waals surface area (Å²) in [6.45, 7) is 1.10. The first kappa shape index (κ1) is 19.9. The smallest absolute Gasteiger partial charge is 0.251 e. The average Bonchev–Trinajstić information content (AvgIpc) is 2.67. The largest absolute Gasteiger partial charge is 0.491 e. The zero-order chi connectivity index (χ0) is 19.0. The summed E-state index contributed by atoms with van der Waals surface area (Å²) >= 11 is 0. The van der Waals surface area contributed by atoms with Crippen molar-refractivity contribution in [3.8, 4) is 5.75 Å². The van der Waals surface area contributed by atoms with Gasteiger partial charge >= 0.3 is 0 Å². The predicted octanol–water partition coefficient (Wildman–Crippen LogP) is 1.55. The van der Waals surface area contributed by atoms with E-state index in [1.165, 1.54) is 31.3 Å². The van der Waals surface area contributed by atoms with Gasteiger partial charge in [-0.3, -0.25) is 4.79 Å². The fourth-order valence-corrected chi connectivity index (χ4v) is 3.16. The van der Waals surface area contributed by atoms with E-state index in [1.54, 1.807) is 31.4 Å². The van der Waals surface area contributed by atoms with Crippen molar-refractivity contribution in [3.05, 3.63) is 59.7 Å². The number of carbonyl (C=O) groups excluding carboxylic acids is 1. The minimum atomic E-state index is -3.66. The third-order valence-corrected chi connectivity index (χ3v) is 5.02. The first-order valence-electron chi connectivity index (χ1n) is 7.99. The van der Waals surface area contributed by atoms with Gasteiger partial charge in [0.25, 0.3) is 5.91 Å². The quantitative estimate of drug-likeness (QED) is 0.646. The number of methoxy groups -OCH3 is 1. The zero-order valence-corrected chi connectivity index (χ0v) is 15.5. The first-order valence-corrected chi connectivity index (χ1v) is 9.47. The van der Waals surface area contributed by atoms with Crippen LogP contribution in [0.2, 0.25) is 0 Å². The molecule has 7 nitrogen and oxygen atoms in total. The summed E-state index contributed by atoms with van der Waals surface area (Å²) in [5.74, 6) is 0.424. The Kier molecular flexibility index (Phi) is 7.14. The van der Waals surface area contributed by atoms with E-state index in [0.29, 0.717) is 24.5 Å². The number of amides is 1. The second kappa shape index (κ2) is 9.33. The highest BCUT2D eigenvalue weighted by Gasteiger charge is 2.14. The summed E-state index contributed by atoms with van der Waals surface area (Å²) in [7, 11) is -0.547. The molecule has 0 saturated carbocycles. The molecule has 0 aliphatic carbocycles. The van der Waals surface area contributed by atoms with Crippen molar-refractivity contribution >= 4 is 15.9 Å². The highest BCUT2D eigenvalue weighted by molar-refractivity contribution is 7.89. The van der Waals surface area contributed by atoms with Crippen LogP contribution in [0.15, 0.2) is 53.4 Å². The Bertz CT molecular complexity index is 818. The van der Waals surface area contributed by atoms with Crippen LogP contribution >= 0.6 is 0 Å². The van der Waals surface area contributed by atoms with Crippen LogP contribution in [0.25, 0.3) is 0 Å². The van der Waals surface area contributed by atoms with Crippen molar-refractivity contribution in [1.29, 1.82) is 0 Å². The second-order valence-corrected chi connectivity index (χ2v) is 7.18. The van der Waals surface area contributed by atoms with Crippen LogP contribution in [-0.2, 0) is 21.3 Å². The maximum atomic E-state index is 12.3. The lowest BCUT2D eigenvalue weighted by Crippen LogP contribution is -2.23. The minimum absolute atomic E-state index is 0.102. The van der Waals surface area contributed by atoms with Gasteiger partial charge in [-0.25, -0.2) is 13.1 Å². The number of nitrogens with one attached hydrogen (secondary N) is 2. The molecule has 2 aromatic rings. The molecule has 0 atom stereocenters. The predicted molar refractivity (Wildman–Crippen MR) is 97.7 cm³/mol. The molecule has 140 valence electrons. The van der Waals surface area contributed by atoms with E-state index in [9.17, 15) is 13.2 Å². The van der Waals surface area contributed by atoms with E-state index in [4.69, 9.17) is 9.47 Å². The van der Waals surface area contributed by atoms with Gasteiger partial charge in [0.05, 0.1) is 11.5 Å². The first-order chi connectivity index (χ1) is 12.5. The van der Waals surface area contributed by atoms with Crippen LogP contribution in [0.1, 0.15) is 15.9 Å². The molecule has 2 rings (SSSR count). The summed E-state index contributed by atoms with van der Waals surface area (Å²) in [4.78, 5) is 11.6. The molecule has 0 spiro atoms. The molecule has 1 amide bonds. The maximum Gasteiger partial charge on any atom is 0.251 e. The van der Waals surface area contributed by atoms with E-state index in [-0.39, 0.29) is 17.3 Å². The third-order valence-electron chi connectivity index (χ3n) is 3.60. The standard InChI is InChI=1S/C18H22N2O5S/c1-19-18(21)15-5-9-17(10-6-15)26(22,23)20-13-14-3-7-16(8-4-14)25-12-11-24-2/h3-10,20H,11-13H2,1-2H3,(H,19,21). The molecule has 0 aliphatic rings. The number of hydrogen-bond donors (Lipinski definition) is 2. The third kappa shape index (κ3) is 5.55. The van der Waals surface area contributed by atoms with Gasteiger partial charge in [0.15, 0.2) is 0 Å². The molecule has 8 heteroatoms. The summed E-state index contributed by atoms with van der Waals surface area (Å²) in [6, 6.07) is 12.9. The van der Waals surface area contributed by atoms with E-state index < -0.39 is 10.0 Å². The lowest BCUT2D eigenvalue weighted by atomic mass is 10.2. The monoisotopic (exact) mass is 378 g/mol. The van der Waals surface area contributed by atoms with Gasteiger partial charge in [-0.15, -0.1) is 0 Å². The van der Waals surface area contributed by atoms with Gasteiger partial charge in [0.1, 0.15) is 12.4 Å². The Morgan fingerprint density at radius 3 is 2.23 bits per heavy atom. The normalized spacial score (nSPS) is 11.2. The number of benzene rings is 2. The highest BCUT2D eigenvalue weighted by Crippen LogP contribution is 2.14. The van der Waals surface area contributed by atoms with E-state index in [1.807, 2.05) is 0 Å². The fraction of sp³-hybridized carbons (Fsp3) is 0.278. The average molecular weight is 378 g/mol. The van der Waals surface area contributed by atoms with Crippen LogP contribution in [0, 0.1) is 0 Å². The molecule has 0 radical (unpaired) electrons. The lowest BCUT2D eigenvalue weighted by molar-refractivity contribution is 0.0963. The van der Waals surface area contributed by atoms with Gasteiger partial charge in [0.2, 0.25) is 10.0 Å². The van der Waals surface area contributed by atoms with E-state index >= 15 is 0 Å². The van der Waals surface area contributed by atoms with Crippen LogP contribution in [0.3, 0.4) is 0 Å². The van der Waals surface area contributed by atoms with E-state index in [0.717, 1.165) is 5.56 Å². The SMILES string of the molecule is CNC(=O)c1ccc(S(=O)(=O)NCc2ccc(OCCOC)cc2)cc1.